The number of ether oxygens (including phenoxy) is 1. The molecule has 0 unspecified atom stereocenters. The molecule has 0 spiro atoms. The van der Waals surface area contributed by atoms with Gasteiger partial charge in [-0.3, -0.25) is 4.79 Å². The normalized spacial score (nSPS) is 16.3. The van der Waals surface area contributed by atoms with Crippen molar-refractivity contribution in [3.05, 3.63) is 23.8 Å². The van der Waals surface area contributed by atoms with Crippen molar-refractivity contribution in [2.75, 3.05) is 12.8 Å². The second-order valence-electron chi connectivity index (χ2n) is 4.76. The standard InChI is InChI=1S/C14H20N2O2/c1-18-11-7-8-12(13(15)9-11)14(17)16-10-5-3-2-4-6-10/h7-10H,2-6,15H2,1H3,(H,16,17). The van der Waals surface area contributed by atoms with E-state index in [1.165, 1.54) is 19.3 Å². The Morgan fingerprint density at radius 1 is 1.33 bits per heavy atom. The number of hydrogen-bond acceptors (Lipinski definition) is 3. The van der Waals surface area contributed by atoms with Gasteiger partial charge in [-0.1, -0.05) is 19.3 Å². The molecular formula is C14H20N2O2. The van der Waals surface area contributed by atoms with Crippen molar-refractivity contribution in [2.24, 2.45) is 0 Å². The number of methoxy groups -OCH3 is 1. The van der Waals surface area contributed by atoms with Gasteiger partial charge in [-0.05, 0) is 25.0 Å². The van der Waals surface area contributed by atoms with Crippen LogP contribution in [0.1, 0.15) is 42.5 Å². The predicted molar refractivity (Wildman–Crippen MR) is 71.7 cm³/mol. The van der Waals surface area contributed by atoms with E-state index in [1.54, 1.807) is 25.3 Å². The van der Waals surface area contributed by atoms with Gasteiger partial charge >= 0.3 is 0 Å². The maximum Gasteiger partial charge on any atom is 0.253 e. The van der Waals surface area contributed by atoms with Crippen LogP contribution in [0.2, 0.25) is 0 Å². The van der Waals surface area contributed by atoms with Gasteiger partial charge in [0.25, 0.3) is 5.91 Å². The molecule has 3 N–H and O–H groups in total. The van der Waals surface area contributed by atoms with E-state index in [4.69, 9.17) is 10.5 Å². The Morgan fingerprint density at radius 2 is 2.06 bits per heavy atom. The SMILES string of the molecule is COc1ccc(C(=O)NC2CCCCC2)c(N)c1. The monoisotopic (exact) mass is 248 g/mol. The lowest BCUT2D eigenvalue weighted by Gasteiger charge is -2.23. The van der Waals surface area contributed by atoms with Crippen LogP contribution in [0, 0.1) is 0 Å². The van der Waals surface area contributed by atoms with Gasteiger partial charge in [0.1, 0.15) is 5.75 Å². The summed E-state index contributed by atoms with van der Waals surface area (Å²) in [6, 6.07) is 5.45. The first-order chi connectivity index (χ1) is 8.70. The van der Waals surface area contributed by atoms with Crippen LogP contribution >= 0.6 is 0 Å². The van der Waals surface area contributed by atoms with E-state index in [9.17, 15) is 4.79 Å². The number of carbonyl (C=O) groups is 1. The number of hydrogen-bond donors (Lipinski definition) is 2. The molecule has 0 atom stereocenters. The molecule has 2 rings (SSSR count). The molecule has 0 aromatic heterocycles. The molecule has 98 valence electrons. The largest absolute Gasteiger partial charge is 0.497 e. The molecule has 0 radical (unpaired) electrons. The lowest BCUT2D eigenvalue weighted by Crippen LogP contribution is -2.36. The fourth-order valence-corrected chi connectivity index (χ4v) is 2.38. The average molecular weight is 248 g/mol. The molecule has 0 heterocycles. The molecule has 4 nitrogen and oxygen atoms in total. The number of carbonyl (C=O) groups excluding carboxylic acids is 1. The number of anilines is 1. The highest BCUT2D eigenvalue weighted by Crippen LogP contribution is 2.21. The van der Waals surface area contributed by atoms with Crippen molar-refractivity contribution in [1.82, 2.24) is 5.32 Å². The van der Waals surface area contributed by atoms with Gasteiger partial charge in [0.15, 0.2) is 0 Å². The fraction of sp³-hybridized carbons (Fsp3) is 0.500. The van der Waals surface area contributed by atoms with Crippen molar-refractivity contribution in [3.8, 4) is 5.75 Å². The minimum Gasteiger partial charge on any atom is -0.497 e. The summed E-state index contributed by atoms with van der Waals surface area (Å²) in [7, 11) is 1.58. The molecule has 18 heavy (non-hydrogen) atoms. The summed E-state index contributed by atoms with van der Waals surface area (Å²) in [5.74, 6) is 0.587. The van der Waals surface area contributed by atoms with E-state index < -0.39 is 0 Å². The molecule has 0 saturated heterocycles. The Hall–Kier alpha value is -1.71. The van der Waals surface area contributed by atoms with Crippen LogP contribution in [-0.4, -0.2) is 19.1 Å². The minimum absolute atomic E-state index is 0.0814. The second kappa shape index (κ2) is 5.76. The van der Waals surface area contributed by atoms with Crippen molar-refractivity contribution in [1.29, 1.82) is 0 Å². The molecule has 4 heteroatoms. The number of amides is 1. The number of nitrogens with two attached hydrogens (primary N) is 1. The first-order valence-corrected chi connectivity index (χ1v) is 6.45. The van der Waals surface area contributed by atoms with E-state index in [0.717, 1.165) is 12.8 Å². The number of rotatable bonds is 3. The topological polar surface area (TPSA) is 64.3 Å². The summed E-state index contributed by atoms with van der Waals surface area (Å²) in [5.41, 5.74) is 6.85. The molecule has 1 amide bonds. The van der Waals surface area contributed by atoms with Crippen LogP contribution in [0.25, 0.3) is 0 Å². The molecule has 1 saturated carbocycles. The van der Waals surface area contributed by atoms with Gasteiger partial charge in [-0.25, -0.2) is 0 Å². The van der Waals surface area contributed by atoms with E-state index in [-0.39, 0.29) is 5.91 Å². The molecule has 1 aliphatic carbocycles. The highest BCUT2D eigenvalue weighted by molar-refractivity contribution is 5.99. The van der Waals surface area contributed by atoms with Crippen molar-refractivity contribution in [2.45, 2.75) is 38.1 Å². The molecule has 0 aliphatic heterocycles. The third kappa shape index (κ3) is 2.94. The first kappa shape index (κ1) is 12.7. The summed E-state index contributed by atoms with van der Waals surface area (Å²) in [6.07, 6.45) is 5.81. The van der Waals surface area contributed by atoms with Crippen LogP contribution < -0.4 is 15.8 Å². The van der Waals surface area contributed by atoms with Gasteiger partial charge in [-0.2, -0.15) is 0 Å². The Morgan fingerprint density at radius 3 is 2.67 bits per heavy atom. The minimum atomic E-state index is -0.0814. The van der Waals surface area contributed by atoms with Crippen LogP contribution in [0.15, 0.2) is 18.2 Å². The maximum atomic E-state index is 12.1. The molecular weight excluding hydrogens is 228 g/mol. The van der Waals surface area contributed by atoms with Crippen LogP contribution in [0.5, 0.6) is 5.75 Å². The Kier molecular flexibility index (Phi) is 4.07. The zero-order valence-corrected chi connectivity index (χ0v) is 10.7. The second-order valence-corrected chi connectivity index (χ2v) is 4.76. The van der Waals surface area contributed by atoms with Gasteiger partial charge in [-0.15, -0.1) is 0 Å². The highest BCUT2D eigenvalue weighted by atomic mass is 16.5. The highest BCUT2D eigenvalue weighted by Gasteiger charge is 2.18. The summed E-state index contributed by atoms with van der Waals surface area (Å²) < 4.78 is 5.07. The first-order valence-electron chi connectivity index (χ1n) is 6.45. The van der Waals surface area contributed by atoms with Gasteiger partial charge < -0.3 is 15.8 Å². The smallest absolute Gasteiger partial charge is 0.253 e. The predicted octanol–water partition coefficient (Wildman–Crippen LogP) is 2.34. The Labute approximate surface area is 108 Å². The molecule has 1 aliphatic rings. The molecule has 1 aromatic carbocycles. The maximum absolute atomic E-state index is 12.1. The van der Waals surface area contributed by atoms with E-state index >= 15 is 0 Å². The Bertz CT molecular complexity index is 426. The molecule has 0 bridgehead atoms. The van der Waals surface area contributed by atoms with E-state index in [0.29, 0.717) is 23.0 Å². The molecule has 1 aromatic rings. The van der Waals surface area contributed by atoms with Crippen LogP contribution in [0.4, 0.5) is 5.69 Å². The van der Waals surface area contributed by atoms with E-state index in [1.807, 2.05) is 0 Å². The summed E-state index contributed by atoms with van der Waals surface area (Å²) in [5, 5.41) is 3.05. The van der Waals surface area contributed by atoms with Crippen molar-refractivity contribution >= 4 is 11.6 Å². The van der Waals surface area contributed by atoms with Gasteiger partial charge in [0.05, 0.1) is 12.7 Å². The Balaban J connectivity index is 2.03. The molecule has 1 fully saturated rings. The number of benzene rings is 1. The van der Waals surface area contributed by atoms with Gasteiger partial charge in [0.2, 0.25) is 0 Å². The van der Waals surface area contributed by atoms with Crippen LogP contribution in [0.3, 0.4) is 0 Å². The summed E-state index contributed by atoms with van der Waals surface area (Å²) in [4.78, 5) is 12.1. The number of nitrogens with one attached hydrogen (secondary N) is 1. The third-order valence-electron chi connectivity index (χ3n) is 3.44. The quantitative estimate of drug-likeness (QED) is 0.807. The summed E-state index contributed by atoms with van der Waals surface area (Å²) >= 11 is 0. The zero-order chi connectivity index (χ0) is 13.0. The van der Waals surface area contributed by atoms with Crippen molar-refractivity contribution < 1.29 is 9.53 Å². The lowest BCUT2D eigenvalue weighted by molar-refractivity contribution is 0.0928. The lowest BCUT2D eigenvalue weighted by atomic mass is 9.95. The fourth-order valence-electron chi connectivity index (χ4n) is 2.38. The van der Waals surface area contributed by atoms with E-state index in [2.05, 4.69) is 5.32 Å². The summed E-state index contributed by atoms with van der Waals surface area (Å²) in [6.45, 7) is 0. The average Bonchev–Trinajstić information content (AvgIpc) is 2.39. The zero-order valence-electron chi connectivity index (χ0n) is 10.7. The van der Waals surface area contributed by atoms with Crippen molar-refractivity contribution in [3.63, 3.8) is 0 Å². The van der Waals surface area contributed by atoms with Crippen LogP contribution in [-0.2, 0) is 0 Å². The van der Waals surface area contributed by atoms with Gasteiger partial charge in [0, 0.05) is 17.8 Å². The number of nitrogen functional groups attached to an aromatic ring is 1. The third-order valence-corrected chi connectivity index (χ3v) is 3.44.